The second-order valence-corrected chi connectivity index (χ2v) is 9.24. The van der Waals surface area contributed by atoms with E-state index in [-0.39, 0.29) is 48.3 Å². The molecule has 3 amide bonds. The van der Waals surface area contributed by atoms with E-state index in [0.29, 0.717) is 35.0 Å². The van der Waals surface area contributed by atoms with Crippen LogP contribution in [0, 0.1) is 17.8 Å². The second kappa shape index (κ2) is 9.19. The lowest BCUT2D eigenvalue weighted by Gasteiger charge is -2.19. The van der Waals surface area contributed by atoms with Crippen molar-refractivity contribution in [3.63, 3.8) is 0 Å². The van der Waals surface area contributed by atoms with Gasteiger partial charge in [0.25, 0.3) is 0 Å². The Labute approximate surface area is 207 Å². The molecule has 5 rings (SSSR count). The van der Waals surface area contributed by atoms with Gasteiger partial charge in [-0.15, -0.1) is 0 Å². The Morgan fingerprint density at radius 1 is 0.971 bits per heavy atom. The Balaban J connectivity index is 1.26. The molecule has 180 valence electrons. The Morgan fingerprint density at radius 2 is 1.63 bits per heavy atom. The van der Waals surface area contributed by atoms with Crippen molar-refractivity contribution in [1.82, 2.24) is 0 Å². The van der Waals surface area contributed by atoms with Crippen molar-refractivity contribution in [3.05, 3.63) is 59.6 Å². The van der Waals surface area contributed by atoms with E-state index in [0.717, 1.165) is 0 Å². The Kier molecular flexibility index (Phi) is 6.06. The zero-order valence-electron chi connectivity index (χ0n) is 19.0. The summed E-state index contributed by atoms with van der Waals surface area (Å²) in [5, 5.41) is 0.449. The van der Waals surface area contributed by atoms with E-state index < -0.39 is 11.9 Å². The summed E-state index contributed by atoms with van der Waals surface area (Å²) in [7, 11) is 1.50. The van der Waals surface area contributed by atoms with Crippen LogP contribution in [0.4, 0.5) is 11.4 Å². The molecule has 0 unspecified atom stereocenters. The van der Waals surface area contributed by atoms with Crippen molar-refractivity contribution in [2.75, 3.05) is 23.5 Å². The van der Waals surface area contributed by atoms with Gasteiger partial charge in [-0.05, 0) is 55.3 Å². The molecule has 2 fully saturated rings. The average molecular weight is 495 g/mol. The van der Waals surface area contributed by atoms with E-state index in [1.54, 1.807) is 42.5 Å². The van der Waals surface area contributed by atoms with Crippen LogP contribution >= 0.6 is 11.6 Å². The lowest BCUT2D eigenvalue weighted by atomic mass is 9.85. The number of imide groups is 1. The maximum Gasteiger partial charge on any atom is 0.316 e. The highest BCUT2D eigenvalue weighted by Crippen LogP contribution is 2.38. The number of benzene rings is 2. The number of allylic oxidation sites excluding steroid dienone is 2. The first-order chi connectivity index (χ1) is 16.9. The molecule has 0 saturated carbocycles. The maximum absolute atomic E-state index is 12.8. The average Bonchev–Trinajstić information content (AvgIpc) is 3.37. The summed E-state index contributed by atoms with van der Waals surface area (Å²) in [6, 6.07) is 11.2. The van der Waals surface area contributed by atoms with Gasteiger partial charge in [-0.2, -0.15) is 0 Å². The van der Waals surface area contributed by atoms with E-state index in [4.69, 9.17) is 21.1 Å². The molecule has 1 aliphatic carbocycles. The number of rotatable bonds is 5. The molecule has 2 heterocycles. The molecule has 35 heavy (non-hydrogen) atoms. The van der Waals surface area contributed by atoms with Gasteiger partial charge in [0.2, 0.25) is 17.7 Å². The third-order valence-electron chi connectivity index (χ3n) is 6.71. The van der Waals surface area contributed by atoms with Crippen LogP contribution in [-0.4, -0.2) is 37.3 Å². The van der Waals surface area contributed by atoms with Crippen LogP contribution in [-0.2, 0) is 19.2 Å². The first-order valence-corrected chi connectivity index (χ1v) is 11.7. The third-order valence-corrected chi connectivity index (χ3v) is 6.95. The quantitative estimate of drug-likeness (QED) is 0.272. The first-order valence-electron chi connectivity index (χ1n) is 11.4. The van der Waals surface area contributed by atoms with Gasteiger partial charge in [-0.25, -0.2) is 0 Å². The molecule has 2 aromatic rings. The van der Waals surface area contributed by atoms with Crippen molar-refractivity contribution in [3.8, 4) is 11.5 Å². The minimum absolute atomic E-state index is 0.000177. The van der Waals surface area contributed by atoms with Gasteiger partial charge < -0.3 is 14.4 Å². The van der Waals surface area contributed by atoms with Gasteiger partial charge in [0.05, 0.1) is 36.2 Å². The largest absolute Gasteiger partial charge is 0.495 e. The zero-order chi connectivity index (χ0) is 24.7. The predicted molar refractivity (Wildman–Crippen MR) is 128 cm³/mol. The molecule has 9 heteroatoms. The number of amides is 3. The molecule has 2 aliphatic heterocycles. The second-order valence-electron chi connectivity index (χ2n) is 8.80. The van der Waals surface area contributed by atoms with Gasteiger partial charge in [0.1, 0.15) is 11.5 Å². The zero-order valence-corrected chi connectivity index (χ0v) is 19.7. The molecule has 0 radical (unpaired) electrons. The number of hydrogen-bond donors (Lipinski definition) is 0. The lowest BCUT2D eigenvalue weighted by molar-refractivity contribution is -0.139. The van der Waals surface area contributed by atoms with Crippen molar-refractivity contribution in [2.24, 2.45) is 17.8 Å². The highest BCUT2D eigenvalue weighted by molar-refractivity contribution is 6.31. The summed E-state index contributed by atoms with van der Waals surface area (Å²) in [4.78, 5) is 53.6. The summed E-state index contributed by atoms with van der Waals surface area (Å²) >= 11 is 6.09. The van der Waals surface area contributed by atoms with Crippen LogP contribution in [0.25, 0.3) is 0 Å². The fourth-order valence-electron chi connectivity index (χ4n) is 4.89. The first kappa shape index (κ1) is 23.1. The Bertz CT molecular complexity index is 1210. The SMILES string of the molecule is COc1ccc(Cl)cc1N1C[C@@H](C(=O)Oc2ccc(N3C(=O)[C@H]4CC=CC[C@H]4C3=O)cc2)CC1=O. The van der Waals surface area contributed by atoms with Gasteiger partial charge >= 0.3 is 5.97 Å². The van der Waals surface area contributed by atoms with Gasteiger partial charge in [-0.1, -0.05) is 23.8 Å². The smallest absolute Gasteiger partial charge is 0.316 e. The molecule has 0 bridgehead atoms. The van der Waals surface area contributed by atoms with Crippen molar-refractivity contribution < 1.29 is 28.7 Å². The van der Waals surface area contributed by atoms with Gasteiger partial charge in [0.15, 0.2) is 0 Å². The summed E-state index contributed by atoms with van der Waals surface area (Å²) in [5.74, 6) is -1.72. The van der Waals surface area contributed by atoms with Gasteiger partial charge in [-0.3, -0.25) is 24.1 Å². The van der Waals surface area contributed by atoms with Crippen molar-refractivity contribution >= 4 is 46.7 Å². The number of carbonyl (C=O) groups is 4. The summed E-state index contributed by atoms with van der Waals surface area (Å²) in [6.45, 7) is 0.139. The molecular weight excluding hydrogens is 472 g/mol. The number of ether oxygens (including phenoxy) is 2. The Hall–Kier alpha value is -3.65. The van der Waals surface area contributed by atoms with Crippen LogP contribution in [0.3, 0.4) is 0 Å². The molecule has 8 nitrogen and oxygen atoms in total. The Morgan fingerprint density at radius 3 is 2.26 bits per heavy atom. The van der Waals surface area contributed by atoms with E-state index in [2.05, 4.69) is 0 Å². The minimum Gasteiger partial charge on any atom is -0.495 e. The molecule has 0 aromatic heterocycles. The van der Waals surface area contributed by atoms with E-state index in [1.807, 2.05) is 12.2 Å². The van der Waals surface area contributed by atoms with E-state index in [1.165, 1.54) is 16.9 Å². The maximum atomic E-state index is 12.8. The van der Waals surface area contributed by atoms with E-state index in [9.17, 15) is 19.2 Å². The number of esters is 1. The lowest BCUT2D eigenvalue weighted by Crippen LogP contribution is -2.30. The third kappa shape index (κ3) is 4.18. The molecule has 3 atom stereocenters. The standard InChI is InChI=1S/C26H23ClN2O6/c1-34-22-11-6-16(27)13-21(22)28-14-15(12-23(28)30)26(33)35-18-9-7-17(8-10-18)29-24(31)19-4-2-3-5-20(19)25(29)32/h2-3,6-11,13,15,19-20H,4-5,12,14H2,1H3/t15-,19-,20+/m0/s1. The molecule has 2 aromatic carbocycles. The fourth-order valence-corrected chi connectivity index (χ4v) is 5.06. The predicted octanol–water partition coefficient (Wildman–Crippen LogP) is 3.76. The van der Waals surface area contributed by atoms with Crippen LogP contribution in [0.1, 0.15) is 19.3 Å². The molecule has 0 N–H and O–H groups in total. The monoisotopic (exact) mass is 494 g/mol. The molecule has 2 saturated heterocycles. The van der Waals surface area contributed by atoms with Crippen LogP contribution in [0.15, 0.2) is 54.6 Å². The normalized spacial score (nSPS) is 23.6. The number of nitrogens with zero attached hydrogens (tertiary/aromatic N) is 2. The fraction of sp³-hybridized carbons (Fsp3) is 0.308. The number of methoxy groups -OCH3 is 1. The van der Waals surface area contributed by atoms with Crippen LogP contribution < -0.4 is 19.3 Å². The van der Waals surface area contributed by atoms with Crippen LogP contribution in [0.5, 0.6) is 11.5 Å². The van der Waals surface area contributed by atoms with Crippen LogP contribution in [0.2, 0.25) is 5.02 Å². The molecular formula is C26H23ClN2O6. The number of fused-ring (bicyclic) bond motifs is 1. The number of hydrogen-bond acceptors (Lipinski definition) is 6. The van der Waals surface area contributed by atoms with E-state index >= 15 is 0 Å². The number of halogens is 1. The number of anilines is 2. The summed E-state index contributed by atoms with van der Waals surface area (Å²) < 4.78 is 10.8. The summed E-state index contributed by atoms with van der Waals surface area (Å²) in [6.07, 6.45) is 5.02. The van der Waals surface area contributed by atoms with Gasteiger partial charge in [0, 0.05) is 18.0 Å². The highest BCUT2D eigenvalue weighted by atomic mass is 35.5. The van der Waals surface area contributed by atoms with Crippen molar-refractivity contribution in [1.29, 1.82) is 0 Å². The molecule has 3 aliphatic rings. The highest BCUT2D eigenvalue weighted by Gasteiger charge is 2.47. The topological polar surface area (TPSA) is 93.2 Å². The minimum atomic E-state index is -0.664. The molecule has 0 spiro atoms. The van der Waals surface area contributed by atoms with Crippen molar-refractivity contribution in [2.45, 2.75) is 19.3 Å². The number of carbonyl (C=O) groups excluding carboxylic acids is 4. The summed E-state index contributed by atoms with van der Waals surface area (Å²) in [5.41, 5.74) is 0.949.